The molecule has 1 heterocycles. The van der Waals surface area contributed by atoms with E-state index in [4.69, 9.17) is 10.5 Å². The summed E-state index contributed by atoms with van der Waals surface area (Å²) in [5.41, 5.74) is 5.63. The average Bonchev–Trinajstić information content (AvgIpc) is 2.17. The van der Waals surface area contributed by atoms with Crippen LogP contribution in [0.2, 0.25) is 0 Å². The van der Waals surface area contributed by atoms with Crippen molar-refractivity contribution in [2.24, 2.45) is 5.73 Å². The second kappa shape index (κ2) is 3.18. The molecule has 54 valence electrons. The van der Waals surface area contributed by atoms with Crippen LogP contribution >= 0.6 is 0 Å². The van der Waals surface area contributed by atoms with E-state index < -0.39 is 0 Å². The van der Waals surface area contributed by atoms with Gasteiger partial charge in [0, 0.05) is 6.04 Å². The van der Waals surface area contributed by atoms with E-state index in [0.717, 1.165) is 13.0 Å². The predicted molar refractivity (Wildman–Crippen MR) is 37.2 cm³/mol. The van der Waals surface area contributed by atoms with Gasteiger partial charge in [-0.05, 0) is 12.8 Å². The van der Waals surface area contributed by atoms with Crippen LogP contribution < -0.4 is 5.73 Å². The fourth-order valence-corrected chi connectivity index (χ4v) is 1.26. The molecule has 1 saturated heterocycles. The van der Waals surface area contributed by atoms with Gasteiger partial charge in [0.1, 0.15) is 0 Å². The Labute approximate surface area is 56.4 Å². The molecule has 0 radical (unpaired) electrons. The fourth-order valence-electron chi connectivity index (χ4n) is 1.26. The van der Waals surface area contributed by atoms with Gasteiger partial charge in [0.2, 0.25) is 0 Å². The molecule has 1 aliphatic rings. The molecule has 0 aromatic heterocycles. The largest absolute Gasteiger partial charge is 0.377 e. The zero-order valence-corrected chi connectivity index (χ0v) is 5.97. The van der Waals surface area contributed by atoms with Crippen LogP contribution in [0.4, 0.5) is 0 Å². The van der Waals surface area contributed by atoms with E-state index in [0.29, 0.717) is 12.1 Å². The minimum absolute atomic E-state index is 0.307. The highest BCUT2D eigenvalue weighted by Gasteiger charge is 2.20. The zero-order chi connectivity index (χ0) is 6.69. The molecule has 9 heavy (non-hydrogen) atoms. The molecule has 0 aliphatic carbocycles. The summed E-state index contributed by atoms with van der Waals surface area (Å²) < 4.78 is 5.38. The van der Waals surface area contributed by atoms with Crippen molar-refractivity contribution in [1.82, 2.24) is 0 Å². The maximum absolute atomic E-state index is 5.63. The Morgan fingerprint density at radius 2 is 2.44 bits per heavy atom. The van der Waals surface area contributed by atoms with Crippen LogP contribution in [0.15, 0.2) is 0 Å². The Morgan fingerprint density at radius 3 is 2.89 bits per heavy atom. The summed E-state index contributed by atoms with van der Waals surface area (Å²) in [5, 5.41) is 0. The lowest BCUT2D eigenvalue weighted by atomic mass is 10.1. The van der Waals surface area contributed by atoms with Crippen molar-refractivity contribution < 1.29 is 4.74 Å². The minimum Gasteiger partial charge on any atom is -0.377 e. The van der Waals surface area contributed by atoms with Crippen molar-refractivity contribution in [1.29, 1.82) is 0 Å². The molecule has 2 unspecified atom stereocenters. The number of hydrogen-bond acceptors (Lipinski definition) is 2. The summed E-state index contributed by atoms with van der Waals surface area (Å²) in [6.45, 7) is 2.94. The summed E-state index contributed by atoms with van der Waals surface area (Å²) in [5.74, 6) is 0. The summed E-state index contributed by atoms with van der Waals surface area (Å²) >= 11 is 0. The molecule has 0 amide bonds. The molecule has 0 aromatic carbocycles. The predicted octanol–water partition coefficient (Wildman–Crippen LogP) is 0.903. The van der Waals surface area contributed by atoms with Gasteiger partial charge < -0.3 is 10.5 Å². The van der Waals surface area contributed by atoms with E-state index in [9.17, 15) is 0 Å². The Bertz CT molecular complexity index is 83.0. The lowest BCUT2D eigenvalue weighted by Crippen LogP contribution is -2.19. The van der Waals surface area contributed by atoms with Crippen LogP contribution in [0.1, 0.15) is 26.2 Å². The lowest BCUT2D eigenvalue weighted by Gasteiger charge is -2.04. The molecule has 2 N–H and O–H groups in total. The normalized spacial score (nSPS) is 35.3. The summed E-state index contributed by atoms with van der Waals surface area (Å²) in [7, 11) is 0. The zero-order valence-electron chi connectivity index (χ0n) is 5.97. The van der Waals surface area contributed by atoms with Gasteiger partial charge in [0.15, 0.2) is 0 Å². The van der Waals surface area contributed by atoms with Crippen molar-refractivity contribution in [3.05, 3.63) is 0 Å². The monoisotopic (exact) mass is 129 g/mol. The third-order valence-corrected chi connectivity index (χ3v) is 1.72. The molecule has 0 spiro atoms. The van der Waals surface area contributed by atoms with Crippen LogP contribution in [-0.4, -0.2) is 18.8 Å². The topological polar surface area (TPSA) is 35.2 Å². The van der Waals surface area contributed by atoms with E-state index >= 15 is 0 Å². The first-order valence-corrected chi connectivity index (χ1v) is 3.70. The summed E-state index contributed by atoms with van der Waals surface area (Å²) in [6.07, 6.45) is 3.91. The van der Waals surface area contributed by atoms with E-state index in [1.54, 1.807) is 0 Å². The highest BCUT2D eigenvalue weighted by molar-refractivity contribution is 4.74. The Morgan fingerprint density at radius 1 is 1.67 bits per heavy atom. The molecule has 0 saturated carbocycles. The Hall–Kier alpha value is -0.0800. The molecule has 2 atom stereocenters. The maximum atomic E-state index is 5.63. The molecule has 0 aromatic rings. The first-order valence-electron chi connectivity index (χ1n) is 3.70. The Kier molecular flexibility index (Phi) is 2.49. The third-order valence-electron chi connectivity index (χ3n) is 1.72. The van der Waals surface area contributed by atoms with Gasteiger partial charge in [-0.25, -0.2) is 0 Å². The van der Waals surface area contributed by atoms with Gasteiger partial charge in [0.25, 0.3) is 0 Å². The van der Waals surface area contributed by atoms with Crippen molar-refractivity contribution in [3.8, 4) is 0 Å². The molecule has 1 rings (SSSR count). The van der Waals surface area contributed by atoms with Crippen molar-refractivity contribution in [2.75, 3.05) is 6.61 Å². The second-order valence-electron chi connectivity index (χ2n) is 2.74. The number of hydrogen-bond donors (Lipinski definition) is 1. The van der Waals surface area contributed by atoms with Crippen molar-refractivity contribution in [2.45, 2.75) is 38.3 Å². The average molecular weight is 129 g/mol. The van der Waals surface area contributed by atoms with Crippen LogP contribution in [0.3, 0.4) is 0 Å². The molecule has 0 bridgehead atoms. The van der Waals surface area contributed by atoms with E-state index in [1.165, 1.54) is 12.8 Å². The second-order valence-corrected chi connectivity index (χ2v) is 2.74. The molecule has 2 nitrogen and oxygen atoms in total. The van der Waals surface area contributed by atoms with E-state index in [-0.39, 0.29) is 0 Å². The van der Waals surface area contributed by atoms with Gasteiger partial charge in [0.05, 0.1) is 12.7 Å². The number of ether oxygens (including phenoxy) is 1. The van der Waals surface area contributed by atoms with Gasteiger partial charge in [-0.1, -0.05) is 13.3 Å². The van der Waals surface area contributed by atoms with Crippen molar-refractivity contribution in [3.63, 3.8) is 0 Å². The molecule has 1 aliphatic heterocycles. The van der Waals surface area contributed by atoms with Crippen LogP contribution in [0, 0.1) is 0 Å². The van der Waals surface area contributed by atoms with Crippen LogP contribution in [0.5, 0.6) is 0 Å². The highest BCUT2D eigenvalue weighted by atomic mass is 16.5. The van der Waals surface area contributed by atoms with Crippen molar-refractivity contribution >= 4 is 0 Å². The first-order chi connectivity index (χ1) is 4.33. The molecular weight excluding hydrogens is 114 g/mol. The maximum Gasteiger partial charge on any atom is 0.0622 e. The van der Waals surface area contributed by atoms with Crippen LogP contribution in [0.25, 0.3) is 0 Å². The quantitative estimate of drug-likeness (QED) is 0.601. The highest BCUT2D eigenvalue weighted by Crippen LogP contribution is 2.15. The molecule has 1 fully saturated rings. The fraction of sp³-hybridized carbons (Fsp3) is 1.00. The summed E-state index contributed by atoms with van der Waals surface area (Å²) in [4.78, 5) is 0. The SMILES string of the molecule is CCCC1CC(N)CO1. The number of rotatable bonds is 2. The van der Waals surface area contributed by atoms with E-state index in [2.05, 4.69) is 6.92 Å². The lowest BCUT2D eigenvalue weighted by molar-refractivity contribution is 0.102. The standard InChI is InChI=1S/C7H15NO/c1-2-3-7-4-6(8)5-9-7/h6-7H,2-5,8H2,1H3. The van der Waals surface area contributed by atoms with E-state index in [1.807, 2.05) is 0 Å². The Balaban J connectivity index is 2.14. The number of nitrogens with two attached hydrogens (primary N) is 1. The third kappa shape index (κ3) is 1.95. The smallest absolute Gasteiger partial charge is 0.0622 e. The minimum atomic E-state index is 0.307. The first kappa shape index (κ1) is 7.03. The summed E-state index contributed by atoms with van der Waals surface area (Å²) in [6, 6.07) is 0.307. The van der Waals surface area contributed by atoms with Gasteiger partial charge in [-0.2, -0.15) is 0 Å². The van der Waals surface area contributed by atoms with Gasteiger partial charge in [-0.3, -0.25) is 0 Å². The van der Waals surface area contributed by atoms with Crippen LogP contribution in [-0.2, 0) is 4.74 Å². The molecule has 2 heteroatoms. The van der Waals surface area contributed by atoms with Gasteiger partial charge >= 0.3 is 0 Å². The van der Waals surface area contributed by atoms with Gasteiger partial charge in [-0.15, -0.1) is 0 Å². The molecular formula is C7H15NO.